The van der Waals surface area contributed by atoms with Crippen molar-refractivity contribution in [2.45, 2.75) is 31.3 Å². The molecule has 1 unspecified atom stereocenters. The SMILES string of the molecule is COC(=O)NC(Cc1ccccc1)C(=O)NC1CCN(c2ccc(OC)cc2)CC1. The molecule has 7 heteroatoms. The molecule has 1 atom stereocenters. The van der Waals surface area contributed by atoms with Crippen LogP contribution in [-0.2, 0) is 16.0 Å². The molecule has 2 aromatic rings. The van der Waals surface area contributed by atoms with Crippen LogP contribution in [0.4, 0.5) is 10.5 Å². The highest BCUT2D eigenvalue weighted by Gasteiger charge is 2.26. The lowest BCUT2D eigenvalue weighted by Crippen LogP contribution is -2.53. The molecule has 0 aliphatic carbocycles. The Morgan fingerprint density at radius 1 is 1.03 bits per heavy atom. The van der Waals surface area contributed by atoms with E-state index in [2.05, 4.69) is 15.5 Å². The van der Waals surface area contributed by atoms with Gasteiger partial charge in [-0.15, -0.1) is 0 Å². The van der Waals surface area contributed by atoms with Gasteiger partial charge in [0, 0.05) is 31.2 Å². The zero-order valence-corrected chi connectivity index (χ0v) is 17.5. The maximum atomic E-state index is 12.9. The largest absolute Gasteiger partial charge is 0.497 e. The number of anilines is 1. The standard InChI is InChI=1S/C23H29N3O4/c1-29-20-10-8-19(9-11-20)26-14-12-18(13-15-26)24-22(27)21(25-23(28)30-2)16-17-6-4-3-5-7-17/h3-11,18,21H,12-16H2,1-2H3,(H,24,27)(H,25,28). The average Bonchev–Trinajstić information content (AvgIpc) is 2.79. The summed E-state index contributed by atoms with van der Waals surface area (Å²) in [4.78, 5) is 26.9. The van der Waals surface area contributed by atoms with Crippen molar-refractivity contribution in [3.05, 3.63) is 60.2 Å². The quantitative estimate of drug-likeness (QED) is 0.732. The molecule has 30 heavy (non-hydrogen) atoms. The van der Waals surface area contributed by atoms with E-state index in [1.54, 1.807) is 7.11 Å². The first-order chi connectivity index (χ1) is 14.6. The van der Waals surface area contributed by atoms with E-state index in [9.17, 15) is 9.59 Å². The first-order valence-electron chi connectivity index (χ1n) is 10.2. The Morgan fingerprint density at radius 2 is 1.70 bits per heavy atom. The average molecular weight is 412 g/mol. The van der Waals surface area contributed by atoms with Crippen molar-refractivity contribution in [3.63, 3.8) is 0 Å². The fourth-order valence-electron chi connectivity index (χ4n) is 3.64. The third-order valence-electron chi connectivity index (χ3n) is 5.36. The predicted molar refractivity (Wildman–Crippen MR) is 116 cm³/mol. The normalized spacial score (nSPS) is 15.2. The van der Waals surface area contributed by atoms with Crippen molar-refractivity contribution in [3.8, 4) is 5.75 Å². The number of benzene rings is 2. The molecule has 3 rings (SSSR count). The van der Waals surface area contributed by atoms with Crippen LogP contribution in [0.3, 0.4) is 0 Å². The number of hydrogen-bond acceptors (Lipinski definition) is 5. The summed E-state index contributed by atoms with van der Waals surface area (Å²) in [5.41, 5.74) is 2.12. The van der Waals surface area contributed by atoms with E-state index in [4.69, 9.17) is 9.47 Å². The molecule has 160 valence electrons. The van der Waals surface area contributed by atoms with Gasteiger partial charge in [-0.2, -0.15) is 0 Å². The van der Waals surface area contributed by atoms with E-state index in [-0.39, 0.29) is 11.9 Å². The molecule has 0 bridgehead atoms. The molecule has 7 nitrogen and oxygen atoms in total. The Balaban J connectivity index is 1.55. The minimum atomic E-state index is -0.681. The molecule has 2 aromatic carbocycles. The minimum Gasteiger partial charge on any atom is -0.497 e. The van der Waals surface area contributed by atoms with Crippen molar-refractivity contribution in [2.24, 2.45) is 0 Å². The van der Waals surface area contributed by atoms with Crippen molar-refractivity contribution < 1.29 is 19.1 Å². The molecule has 2 amide bonds. The fraction of sp³-hybridized carbons (Fsp3) is 0.391. The van der Waals surface area contributed by atoms with Gasteiger partial charge in [0.1, 0.15) is 11.8 Å². The summed E-state index contributed by atoms with van der Waals surface area (Å²) < 4.78 is 9.91. The lowest BCUT2D eigenvalue weighted by atomic mass is 10.0. The summed E-state index contributed by atoms with van der Waals surface area (Å²) in [6, 6.07) is 17.0. The highest BCUT2D eigenvalue weighted by molar-refractivity contribution is 5.86. The number of hydrogen-bond donors (Lipinski definition) is 2. The van der Waals surface area contributed by atoms with Crippen LogP contribution in [-0.4, -0.2) is 51.4 Å². The van der Waals surface area contributed by atoms with E-state index in [0.717, 1.165) is 42.9 Å². The Labute approximate surface area is 177 Å². The number of nitrogens with zero attached hydrogens (tertiary/aromatic N) is 1. The second-order valence-electron chi connectivity index (χ2n) is 7.35. The van der Waals surface area contributed by atoms with E-state index in [1.807, 2.05) is 54.6 Å². The molecule has 0 radical (unpaired) electrons. The second-order valence-corrected chi connectivity index (χ2v) is 7.35. The van der Waals surface area contributed by atoms with Gasteiger partial charge < -0.3 is 25.0 Å². The predicted octanol–water partition coefficient (Wildman–Crippen LogP) is 2.75. The minimum absolute atomic E-state index is 0.0738. The topological polar surface area (TPSA) is 79.9 Å². The van der Waals surface area contributed by atoms with Gasteiger partial charge in [0.2, 0.25) is 5.91 Å². The van der Waals surface area contributed by atoms with Gasteiger partial charge in [-0.3, -0.25) is 4.79 Å². The van der Waals surface area contributed by atoms with Gasteiger partial charge in [0.25, 0.3) is 0 Å². The molecule has 1 aliphatic rings. The molecule has 1 aliphatic heterocycles. The van der Waals surface area contributed by atoms with E-state index in [0.29, 0.717) is 6.42 Å². The summed E-state index contributed by atoms with van der Waals surface area (Å²) >= 11 is 0. The monoisotopic (exact) mass is 411 g/mol. The number of carbonyl (C=O) groups excluding carboxylic acids is 2. The van der Waals surface area contributed by atoms with Crippen LogP contribution in [0.25, 0.3) is 0 Å². The van der Waals surface area contributed by atoms with Gasteiger partial charge in [0.05, 0.1) is 14.2 Å². The number of alkyl carbamates (subject to hydrolysis) is 1. The zero-order valence-electron chi connectivity index (χ0n) is 17.5. The number of methoxy groups -OCH3 is 2. The van der Waals surface area contributed by atoms with Gasteiger partial charge >= 0.3 is 6.09 Å². The van der Waals surface area contributed by atoms with Crippen LogP contribution in [0, 0.1) is 0 Å². The Morgan fingerprint density at radius 3 is 2.30 bits per heavy atom. The Kier molecular flexibility index (Phi) is 7.54. The Bertz CT molecular complexity index is 818. The van der Waals surface area contributed by atoms with Crippen LogP contribution in [0.15, 0.2) is 54.6 Å². The summed E-state index contributed by atoms with van der Waals surface area (Å²) in [5.74, 6) is 0.649. The van der Waals surface area contributed by atoms with Crippen molar-refractivity contribution in [2.75, 3.05) is 32.2 Å². The van der Waals surface area contributed by atoms with Gasteiger partial charge in [-0.1, -0.05) is 30.3 Å². The molecule has 1 fully saturated rings. The third-order valence-corrected chi connectivity index (χ3v) is 5.36. The number of nitrogens with one attached hydrogen (secondary N) is 2. The van der Waals surface area contributed by atoms with Gasteiger partial charge in [-0.05, 0) is 42.7 Å². The van der Waals surface area contributed by atoms with Crippen molar-refractivity contribution in [1.82, 2.24) is 10.6 Å². The first kappa shape index (κ1) is 21.5. The van der Waals surface area contributed by atoms with Crippen LogP contribution < -0.4 is 20.3 Å². The number of rotatable bonds is 7. The maximum absolute atomic E-state index is 12.9. The molecule has 2 N–H and O–H groups in total. The summed E-state index contributed by atoms with van der Waals surface area (Å²) in [7, 11) is 2.95. The van der Waals surface area contributed by atoms with E-state index in [1.165, 1.54) is 7.11 Å². The fourth-order valence-corrected chi connectivity index (χ4v) is 3.64. The highest BCUT2D eigenvalue weighted by Crippen LogP contribution is 2.23. The molecule has 1 saturated heterocycles. The lowest BCUT2D eigenvalue weighted by Gasteiger charge is -2.34. The molecule has 0 saturated carbocycles. The Hall–Kier alpha value is -3.22. The van der Waals surface area contributed by atoms with Gasteiger partial charge in [0.15, 0.2) is 0 Å². The first-order valence-corrected chi connectivity index (χ1v) is 10.2. The van der Waals surface area contributed by atoms with Crippen molar-refractivity contribution in [1.29, 1.82) is 0 Å². The molecule has 0 spiro atoms. The maximum Gasteiger partial charge on any atom is 0.407 e. The van der Waals surface area contributed by atoms with Crippen LogP contribution in [0.2, 0.25) is 0 Å². The van der Waals surface area contributed by atoms with Crippen LogP contribution in [0.1, 0.15) is 18.4 Å². The number of ether oxygens (including phenoxy) is 2. The molecular weight excluding hydrogens is 382 g/mol. The van der Waals surface area contributed by atoms with E-state index < -0.39 is 12.1 Å². The molecular formula is C23H29N3O4. The highest BCUT2D eigenvalue weighted by atomic mass is 16.5. The number of amides is 2. The smallest absolute Gasteiger partial charge is 0.407 e. The number of piperidine rings is 1. The van der Waals surface area contributed by atoms with Crippen LogP contribution in [0.5, 0.6) is 5.75 Å². The summed E-state index contributed by atoms with van der Waals surface area (Å²) in [6.45, 7) is 1.70. The lowest BCUT2D eigenvalue weighted by molar-refractivity contribution is -0.123. The second kappa shape index (κ2) is 10.5. The van der Waals surface area contributed by atoms with Crippen LogP contribution >= 0.6 is 0 Å². The van der Waals surface area contributed by atoms with E-state index >= 15 is 0 Å². The molecule has 1 heterocycles. The third kappa shape index (κ3) is 5.89. The number of carbonyl (C=O) groups is 2. The summed E-state index contributed by atoms with van der Waals surface area (Å²) in [5, 5.41) is 5.76. The summed E-state index contributed by atoms with van der Waals surface area (Å²) in [6.07, 6.45) is 1.48. The molecule has 0 aromatic heterocycles. The van der Waals surface area contributed by atoms with Gasteiger partial charge in [-0.25, -0.2) is 4.79 Å². The van der Waals surface area contributed by atoms with Crippen molar-refractivity contribution >= 4 is 17.7 Å². The zero-order chi connectivity index (χ0) is 21.3.